The highest BCUT2D eigenvalue weighted by molar-refractivity contribution is 9.10. The second-order valence-electron chi connectivity index (χ2n) is 4.88. The van der Waals surface area contributed by atoms with Gasteiger partial charge in [-0.1, -0.05) is 0 Å². The van der Waals surface area contributed by atoms with Crippen LogP contribution in [0, 0.1) is 11.7 Å². The van der Waals surface area contributed by atoms with Crippen LogP contribution in [0.3, 0.4) is 0 Å². The van der Waals surface area contributed by atoms with Crippen molar-refractivity contribution < 1.29 is 4.39 Å². The molecule has 0 spiro atoms. The molecule has 0 amide bonds. The maximum atomic E-state index is 13.4. The monoisotopic (exact) mass is 311 g/mol. The van der Waals surface area contributed by atoms with E-state index in [1.807, 2.05) is 0 Å². The molecule has 3 nitrogen and oxygen atoms in total. The Morgan fingerprint density at radius 3 is 3.11 bits per heavy atom. The summed E-state index contributed by atoms with van der Waals surface area (Å²) in [6, 6.07) is 3.22. The van der Waals surface area contributed by atoms with Gasteiger partial charge < -0.3 is 10.3 Å². The molecule has 5 heteroatoms. The van der Waals surface area contributed by atoms with Crippen LogP contribution in [0.5, 0.6) is 0 Å². The molecule has 2 aromatic rings. The lowest BCUT2D eigenvalue weighted by molar-refractivity contribution is 0.371. The smallest absolute Gasteiger partial charge is 0.139 e. The molecule has 0 saturated carbocycles. The number of benzene rings is 1. The molecular weight excluding hydrogens is 297 g/mol. The minimum absolute atomic E-state index is 0.253. The number of aromatic amines is 1. The molecule has 2 heterocycles. The van der Waals surface area contributed by atoms with E-state index in [1.54, 1.807) is 6.07 Å². The topological polar surface area (TPSA) is 40.7 Å². The van der Waals surface area contributed by atoms with Gasteiger partial charge in [-0.15, -0.1) is 0 Å². The minimum atomic E-state index is -0.253. The van der Waals surface area contributed by atoms with E-state index >= 15 is 0 Å². The third-order valence-corrected chi connectivity index (χ3v) is 4.06. The van der Waals surface area contributed by atoms with E-state index in [0.717, 1.165) is 36.4 Å². The summed E-state index contributed by atoms with van der Waals surface area (Å²) >= 11 is 3.19. The predicted octanol–water partition coefficient (Wildman–Crippen LogP) is 3.01. The number of nitrogens with zero attached hydrogens (tertiary/aromatic N) is 1. The zero-order valence-electron chi connectivity index (χ0n) is 9.97. The predicted molar refractivity (Wildman–Crippen MR) is 73.0 cm³/mol. The molecule has 1 fully saturated rings. The summed E-state index contributed by atoms with van der Waals surface area (Å²) in [6.07, 6.45) is 3.40. The molecular formula is C13H15BrFN3. The Bertz CT molecular complexity index is 522. The number of hydrogen-bond donors (Lipinski definition) is 2. The molecule has 96 valence electrons. The molecule has 2 N–H and O–H groups in total. The molecule has 1 unspecified atom stereocenters. The van der Waals surface area contributed by atoms with E-state index in [0.29, 0.717) is 10.4 Å². The number of halogens is 2. The van der Waals surface area contributed by atoms with Gasteiger partial charge in [0.1, 0.15) is 11.6 Å². The Labute approximate surface area is 113 Å². The third kappa shape index (κ3) is 2.42. The molecule has 1 saturated heterocycles. The largest absolute Gasteiger partial charge is 0.342 e. The average Bonchev–Trinajstić information content (AvgIpc) is 2.72. The van der Waals surface area contributed by atoms with E-state index in [-0.39, 0.29) is 5.82 Å². The van der Waals surface area contributed by atoms with Crippen molar-refractivity contribution in [3.8, 4) is 0 Å². The summed E-state index contributed by atoms with van der Waals surface area (Å²) in [7, 11) is 0. The zero-order valence-corrected chi connectivity index (χ0v) is 11.6. The van der Waals surface area contributed by atoms with Crippen LogP contribution >= 0.6 is 15.9 Å². The lowest BCUT2D eigenvalue weighted by Crippen LogP contribution is -2.31. The van der Waals surface area contributed by atoms with E-state index < -0.39 is 0 Å². The molecule has 0 aliphatic carbocycles. The first-order valence-corrected chi connectivity index (χ1v) is 7.06. The van der Waals surface area contributed by atoms with Crippen LogP contribution in [0.15, 0.2) is 16.6 Å². The fourth-order valence-corrected chi connectivity index (χ4v) is 2.86. The highest BCUT2D eigenvalue weighted by atomic mass is 79.9. The van der Waals surface area contributed by atoms with Gasteiger partial charge in [0, 0.05) is 12.5 Å². The lowest BCUT2D eigenvalue weighted by atomic mass is 9.96. The second-order valence-corrected chi connectivity index (χ2v) is 5.74. The summed E-state index contributed by atoms with van der Waals surface area (Å²) in [5.41, 5.74) is 1.59. The summed E-state index contributed by atoms with van der Waals surface area (Å²) in [5, 5.41) is 3.40. The third-order valence-electron chi connectivity index (χ3n) is 3.45. The molecule has 1 atom stereocenters. The van der Waals surface area contributed by atoms with E-state index in [2.05, 4.69) is 31.2 Å². The molecule has 1 aromatic heterocycles. The Morgan fingerprint density at radius 2 is 2.33 bits per heavy atom. The minimum Gasteiger partial charge on any atom is -0.342 e. The summed E-state index contributed by atoms with van der Waals surface area (Å²) in [5.74, 6) is 1.33. The Balaban J connectivity index is 1.84. The number of rotatable bonds is 2. The Kier molecular flexibility index (Phi) is 3.35. The zero-order chi connectivity index (χ0) is 12.5. The first-order chi connectivity index (χ1) is 8.72. The molecule has 3 rings (SSSR count). The normalized spacial score (nSPS) is 20.4. The quantitative estimate of drug-likeness (QED) is 0.895. The lowest BCUT2D eigenvalue weighted by Gasteiger charge is -2.21. The summed E-state index contributed by atoms with van der Waals surface area (Å²) in [6.45, 7) is 2.17. The SMILES string of the molecule is Fc1cc2[nH]c(CC3CCCNC3)nc2cc1Br. The Morgan fingerprint density at radius 1 is 1.44 bits per heavy atom. The number of aromatic nitrogens is 2. The maximum absolute atomic E-state index is 13.4. The van der Waals surface area contributed by atoms with Crippen molar-refractivity contribution >= 4 is 27.0 Å². The van der Waals surface area contributed by atoms with Gasteiger partial charge in [0.25, 0.3) is 0 Å². The van der Waals surface area contributed by atoms with Crippen LogP contribution in [0.2, 0.25) is 0 Å². The van der Waals surface area contributed by atoms with E-state index in [4.69, 9.17) is 0 Å². The summed E-state index contributed by atoms with van der Waals surface area (Å²) < 4.78 is 13.9. The second kappa shape index (κ2) is 4.97. The van der Waals surface area contributed by atoms with Crippen molar-refractivity contribution in [3.05, 3.63) is 28.2 Å². The van der Waals surface area contributed by atoms with Crippen molar-refractivity contribution in [1.82, 2.24) is 15.3 Å². The van der Waals surface area contributed by atoms with Crippen LogP contribution in [-0.2, 0) is 6.42 Å². The average molecular weight is 312 g/mol. The fourth-order valence-electron chi connectivity index (χ4n) is 2.53. The van der Waals surface area contributed by atoms with Crippen LogP contribution < -0.4 is 5.32 Å². The molecule has 18 heavy (non-hydrogen) atoms. The number of H-pyrrole nitrogens is 1. The molecule has 1 aliphatic heterocycles. The van der Waals surface area contributed by atoms with Gasteiger partial charge >= 0.3 is 0 Å². The number of nitrogens with one attached hydrogen (secondary N) is 2. The van der Waals surface area contributed by atoms with Gasteiger partial charge in [0.15, 0.2) is 0 Å². The Hall–Kier alpha value is -0.940. The van der Waals surface area contributed by atoms with Gasteiger partial charge in [0.2, 0.25) is 0 Å². The first kappa shape index (κ1) is 12.1. The van der Waals surface area contributed by atoms with Crippen molar-refractivity contribution in [2.75, 3.05) is 13.1 Å². The van der Waals surface area contributed by atoms with Crippen molar-refractivity contribution in [2.45, 2.75) is 19.3 Å². The number of fused-ring (bicyclic) bond motifs is 1. The van der Waals surface area contributed by atoms with Crippen molar-refractivity contribution in [3.63, 3.8) is 0 Å². The number of hydrogen-bond acceptors (Lipinski definition) is 2. The van der Waals surface area contributed by atoms with Crippen LogP contribution in [0.25, 0.3) is 11.0 Å². The standard InChI is InChI=1S/C13H15BrFN3/c14-9-5-11-12(6-10(9)15)18-13(17-11)4-8-2-1-3-16-7-8/h5-6,8,16H,1-4,7H2,(H,17,18). The van der Waals surface area contributed by atoms with Crippen molar-refractivity contribution in [1.29, 1.82) is 0 Å². The molecule has 0 radical (unpaired) electrons. The number of imidazole rings is 1. The summed E-state index contributed by atoms with van der Waals surface area (Å²) in [4.78, 5) is 7.74. The number of piperidine rings is 1. The highest BCUT2D eigenvalue weighted by Crippen LogP contribution is 2.23. The van der Waals surface area contributed by atoms with Gasteiger partial charge in [0.05, 0.1) is 15.5 Å². The van der Waals surface area contributed by atoms with Crippen LogP contribution in [0.1, 0.15) is 18.7 Å². The van der Waals surface area contributed by atoms with Gasteiger partial charge in [-0.05, 0) is 53.8 Å². The van der Waals surface area contributed by atoms with Gasteiger partial charge in [-0.25, -0.2) is 9.37 Å². The van der Waals surface area contributed by atoms with Crippen LogP contribution in [0.4, 0.5) is 4.39 Å². The molecule has 0 bridgehead atoms. The molecule has 1 aromatic carbocycles. The van der Waals surface area contributed by atoms with Crippen molar-refractivity contribution in [2.24, 2.45) is 5.92 Å². The van der Waals surface area contributed by atoms with E-state index in [9.17, 15) is 4.39 Å². The highest BCUT2D eigenvalue weighted by Gasteiger charge is 2.16. The maximum Gasteiger partial charge on any atom is 0.139 e. The fraction of sp³-hybridized carbons (Fsp3) is 0.462. The first-order valence-electron chi connectivity index (χ1n) is 6.27. The van der Waals surface area contributed by atoms with E-state index in [1.165, 1.54) is 18.9 Å². The van der Waals surface area contributed by atoms with Gasteiger partial charge in [-0.2, -0.15) is 0 Å². The van der Waals surface area contributed by atoms with Crippen LogP contribution in [-0.4, -0.2) is 23.1 Å². The van der Waals surface area contributed by atoms with Gasteiger partial charge in [-0.3, -0.25) is 0 Å². The molecule has 1 aliphatic rings.